The molecule has 2 aromatic rings. The summed E-state index contributed by atoms with van der Waals surface area (Å²) in [5.74, 6) is -4.06. The number of amides is 1. The standard InChI is InChI=1S/C23H21F3N2O7/c1-13(29)14-6-7-19(15(20(14)30)8-9-23(24,25)26)35-11-3-10-34-18-5-2-4-17(16(18)12-27)28-21(31)22(32)33/h2,4-7,30H,3,8-11H2,1H3,(H,28,31)(H,32,33). The minimum Gasteiger partial charge on any atom is -0.507 e. The summed E-state index contributed by atoms with van der Waals surface area (Å²) in [5.41, 5.74) is -0.396. The van der Waals surface area contributed by atoms with Crippen LogP contribution in [-0.4, -0.2) is 47.3 Å². The third kappa shape index (κ3) is 7.63. The summed E-state index contributed by atoms with van der Waals surface area (Å²) in [6.45, 7) is 1.15. The van der Waals surface area contributed by atoms with E-state index in [9.17, 15) is 37.9 Å². The number of phenolic OH excluding ortho intramolecular Hbond substituents is 1. The number of Topliss-reactive ketones (excluding diaryl/α,β-unsaturated/α-hetero) is 1. The Bertz CT molecular complexity index is 1160. The molecule has 0 radical (unpaired) electrons. The van der Waals surface area contributed by atoms with Crippen molar-refractivity contribution in [2.45, 2.75) is 32.4 Å². The number of rotatable bonds is 10. The van der Waals surface area contributed by atoms with E-state index in [0.29, 0.717) is 0 Å². The molecule has 0 saturated heterocycles. The van der Waals surface area contributed by atoms with Gasteiger partial charge in [0.2, 0.25) is 0 Å². The smallest absolute Gasteiger partial charge is 0.394 e. The molecule has 9 nitrogen and oxygen atoms in total. The van der Waals surface area contributed by atoms with E-state index in [4.69, 9.17) is 14.6 Å². The Morgan fingerprint density at radius 1 is 1.09 bits per heavy atom. The number of phenols is 1. The molecule has 186 valence electrons. The monoisotopic (exact) mass is 494 g/mol. The van der Waals surface area contributed by atoms with Gasteiger partial charge in [0, 0.05) is 18.4 Å². The summed E-state index contributed by atoms with van der Waals surface area (Å²) in [7, 11) is 0. The molecule has 2 aromatic carbocycles. The van der Waals surface area contributed by atoms with E-state index in [2.05, 4.69) is 5.32 Å². The number of carbonyl (C=O) groups excluding carboxylic acids is 2. The number of halogens is 3. The number of nitriles is 1. The van der Waals surface area contributed by atoms with Gasteiger partial charge in [-0.2, -0.15) is 18.4 Å². The van der Waals surface area contributed by atoms with Gasteiger partial charge >= 0.3 is 18.1 Å². The molecule has 0 saturated carbocycles. The number of aliphatic carboxylic acids is 1. The van der Waals surface area contributed by atoms with Crippen LogP contribution in [0.5, 0.6) is 17.2 Å². The van der Waals surface area contributed by atoms with Gasteiger partial charge in [0.15, 0.2) is 5.78 Å². The number of ketones is 1. The van der Waals surface area contributed by atoms with Crippen molar-refractivity contribution in [1.29, 1.82) is 5.26 Å². The lowest BCUT2D eigenvalue weighted by Gasteiger charge is -2.16. The van der Waals surface area contributed by atoms with Crippen LogP contribution in [0.15, 0.2) is 30.3 Å². The van der Waals surface area contributed by atoms with E-state index in [1.807, 2.05) is 6.07 Å². The number of carboxylic acid groups (broad SMARTS) is 1. The molecule has 0 fully saturated rings. The SMILES string of the molecule is CC(=O)c1ccc(OCCCOc2cccc(NC(=O)C(=O)O)c2C#N)c(CCC(F)(F)F)c1O. The van der Waals surface area contributed by atoms with E-state index >= 15 is 0 Å². The van der Waals surface area contributed by atoms with Gasteiger partial charge in [0.25, 0.3) is 0 Å². The molecular weight excluding hydrogens is 473 g/mol. The van der Waals surface area contributed by atoms with E-state index < -0.39 is 42.4 Å². The third-order valence-electron chi connectivity index (χ3n) is 4.66. The predicted octanol–water partition coefficient (Wildman–Crippen LogP) is 3.83. The van der Waals surface area contributed by atoms with Crippen LogP contribution >= 0.6 is 0 Å². The van der Waals surface area contributed by atoms with Crippen molar-refractivity contribution in [1.82, 2.24) is 0 Å². The second-order valence-electron chi connectivity index (χ2n) is 7.21. The average Bonchev–Trinajstić information content (AvgIpc) is 2.77. The van der Waals surface area contributed by atoms with Crippen molar-refractivity contribution in [2.75, 3.05) is 18.5 Å². The first-order valence-corrected chi connectivity index (χ1v) is 10.2. The fraction of sp³-hybridized carbons (Fsp3) is 0.304. The van der Waals surface area contributed by atoms with Crippen molar-refractivity contribution in [3.63, 3.8) is 0 Å². The quantitative estimate of drug-likeness (QED) is 0.257. The molecule has 35 heavy (non-hydrogen) atoms. The third-order valence-corrected chi connectivity index (χ3v) is 4.66. The summed E-state index contributed by atoms with van der Waals surface area (Å²) >= 11 is 0. The minimum atomic E-state index is -4.47. The van der Waals surface area contributed by atoms with Crippen LogP contribution in [0.3, 0.4) is 0 Å². The van der Waals surface area contributed by atoms with Crippen molar-refractivity contribution >= 4 is 23.3 Å². The Labute approximate surface area is 197 Å². The number of benzene rings is 2. The number of aromatic hydroxyl groups is 1. The molecule has 0 aliphatic carbocycles. The number of carbonyl (C=O) groups is 3. The summed E-state index contributed by atoms with van der Waals surface area (Å²) in [6, 6.07) is 8.59. The lowest BCUT2D eigenvalue weighted by Crippen LogP contribution is -2.22. The number of carboxylic acids is 1. The zero-order valence-corrected chi connectivity index (χ0v) is 18.4. The second-order valence-corrected chi connectivity index (χ2v) is 7.21. The van der Waals surface area contributed by atoms with E-state index in [0.717, 1.165) is 0 Å². The first-order valence-electron chi connectivity index (χ1n) is 10.2. The Morgan fingerprint density at radius 2 is 1.74 bits per heavy atom. The van der Waals surface area contributed by atoms with Gasteiger partial charge < -0.3 is 25.0 Å². The topological polar surface area (TPSA) is 146 Å². The number of nitrogens with one attached hydrogen (secondary N) is 1. The molecule has 0 atom stereocenters. The summed E-state index contributed by atoms with van der Waals surface area (Å²) < 4.78 is 49.1. The normalized spacial score (nSPS) is 10.8. The molecule has 0 bridgehead atoms. The maximum Gasteiger partial charge on any atom is 0.394 e. The van der Waals surface area contributed by atoms with Gasteiger partial charge in [-0.3, -0.25) is 9.59 Å². The predicted molar refractivity (Wildman–Crippen MR) is 116 cm³/mol. The fourth-order valence-electron chi connectivity index (χ4n) is 3.02. The van der Waals surface area contributed by atoms with Crippen LogP contribution in [-0.2, 0) is 16.0 Å². The number of ether oxygens (including phenoxy) is 2. The Balaban J connectivity index is 2.04. The van der Waals surface area contributed by atoms with Gasteiger partial charge in [0.1, 0.15) is 28.9 Å². The number of hydrogen-bond donors (Lipinski definition) is 3. The van der Waals surface area contributed by atoms with Crippen LogP contribution < -0.4 is 14.8 Å². The second kappa shape index (κ2) is 11.7. The number of nitrogens with zero attached hydrogens (tertiary/aromatic N) is 1. The van der Waals surface area contributed by atoms with Gasteiger partial charge in [-0.25, -0.2) is 4.79 Å². The van der Waals surface area contributed by atoms with Crippen molar-refractivity contribution in [3.8, 4) is 23.3 Å². The molecule has 0 heterocycles. The summed E-state index contributed by atoms with van der Waals surface area (Å²) in [4.78, 5) is 33.7. The van der Waals surface area contributed by atoms with E-state index in [1.165, 1.54) is 37.3 Å². The summed E-state index contributed by atoms with van der Waals surface area (Å²) in [5, 5.41) is 30.4. The van der Waals surface area contributed by atoms with Crippen LogP contribution in [0.25, 0.3) is 0 Å². The molecule has 0 aromatic heterocycles. The van der Waals surface area contributed by atoms with Gasteiger partial charge in [-0.1, -0.05) is 6.07 Å². The van der Waals surface area contributed by atoms with Crippen LogP contribution in [0.1, 0.15) is 41.3 Å². The Kier molecular flexibility index (Phi) is 9.04. The maximum atomic E-state index is 12.7. The Hall–Kier alpha value is -4.27. The lowest BCUT2D eigenvalue weighted by molar-refractivity contribution is -0.147. The van der Waals surface area contributed by atoms with Crippen LogP contribution in [0, 0.1) is 11.3 Å². The first-order chi connectivity index (χ1) is 16.4. The number of alkyl halides is 3. The number of anilines is 1. The largest absolute Gasteiger partial charge is 0.507 e. The molecule has 3 N–H and O–H groups in total. The van der Waals surface area contributed by atoms with Crippen LogP contribution in [0.2, 0.25) is 0 Å². The molecule has 0 spiro atoms. The van der Waals surface area contributed by atoms with E-state index in [-0.39, 0.29) is 53.5 Å². The highest BCUT2D eigenvalue weighted by atomic mass is 19.4. The summed E-state index contributed by atoms with van der Waals surface area (Å²) in [6.07, 6.45) is -6.05. The lowest BCUT2D eigenvalue weighted by atomic mass is 10.0. The van der Waals surface area contributed by atoms with Crippen molar-refractivity contribution in [3.05, 3.63) is 47.0 Å². The first kappa shape index (κ1) is 27.0. The Morgan fingerprint density at radius 3 is 2.31 bits per heavy atom. The van der Waals surface area contributed by atoms with Crippen molar-refractivity contribution < 1.29 is 47.2 Å². The molecular formula is C23H21F3N2O7. The maximum absolute atomic E-state index is 12.7. The molecule has 0 unspecified atom stereocenters. The van der Waals surface area contributed by atoms with Gasteiger partial charge in [-0.15, -0.1) is 0 Å². The number of hydrogen-bond acceptors (Lipinski definition) is 7. The highest BCUT2D eigenvalue weighted by molar-refractivity contribution is 6.36. The molecule has 0 aliphatic heterocycles. The molecule has 12 heteroatoms. The van der Waals surface area contributed by atoms with Crippen LogP contribution in [0.4, 0.5) is 18.9 Å². The minimum absolute atomic E-state index is 0.000403. The van der Waals surface area contributed by atoms with E-state index in [1.54, 1.807) is 0 Å². The van der Waals surface area contributed by atoms with Crippen molar-refractivity contribution in [2.24, 2.45) is 0 Å². The zero-order chi connectivity index (χ0) is 26.2. The highest BCUT2D eigenvalue weighted by Crippen LogP contribution is 2.35. The molecule has 1 amide bonds. The highest BCUT2D eigenvalue weighted by Gasteiger charge is 2.29. The molecule has 2 rings (SSSR count). The average molecular weight is 494 g/mol. The molecule has 0 aliphatic rings. The fourth-order valence-corrected chi connectivity index (χ4v) is 3.02. The van der Waals surface area contributed by atoms with Gasteiger partial charge in [0.05, 0.1) is 24.5 Å². The zero-order valence-electron chi connectivity index (χ0n) is 18.4. The van der Waals surface area contributed by atoms with Gasteiger partial charge in [-0.05, 0) is 37.6 Å².